The van der Waals surface area contributed by atoms with Gasteiger partial charge in [-0.3, -0.25) is 24.1 Å². The minimum absolute atomic E-state index is 0.290. The van der Waals surface area contributed by atoms with Crippen LogP contribution in [0.2, 0.25) is 0 Å². The Balaban J connectivity index is 1.59. The summed E-state index contributed by atoms with van der Waals surface area (Å²) < 4.78 is 52.1. The van der Waals surface area contributed by atoms with Gasteiger partial charge in [0.2, 0.25) is 17.7 Å². The molecule has 2 N–H and O–H groups in total. The molecule has 0 aromatic heterocycles. The number of imide groups is 1. The maximum absolute atomic E-state index is 13.0. The second-order valence-electron chi connectivity index (χ2n) is 6.65. The fraction of sp³-hybridized carbons (Fsp3) is 0.200. The fourth-order valence-electron chi connectivity index (χ4n) is 2.86. The summed E-state index contributed by atoms with van der Waals surface area (Å²) in [6.07, 6.45) is -5.09. The van der Waals surface area contributed by atoms with Crippen molar-refractivity contribution in [1.82, 2.24) is 4.90 Å². The topological polar surface area (TPSA) is 95.6 Å². The van der Waals surface area contributed by atoms with E-state index in [0.29, 0.717) is 16.7 Å². The molecule has 3 rings (SSSR count). The number of thioether (sulfide) groups is 1. The molecule has 0 spiro atoms. The first kappa shape index (κ1) is 23.3. The highest BCUT2D eigenvalue weighted by atomic mass is 32.2. The molecule has 1 fully saturated rings. The van der Waals surface area contributed by atoms with Crippen molar-refractivity contribution in [2.24, 2.45) is 0 Å². The van der Waals surface area contributed by atoms with E-state index in [4.69, 9.17) is 0 Å². The van der Waals surface area contributed by atoms with Crippen LogP contribution in [0.25, 0.3) is 0 Å². The molecule has 7 nitrogen and oxygen atoms in total. The normalized spacial score (nSPS) is 16.2. The van der Waals surface area contributed by atoms with Crippen LogP contribution in [0.3, 0.4) is 0 Å². The SMILES string of the molecule is O=C(CC1SC(=O)N(CC(=O)Nc2ccccc2C(F)(F)F)C1=O)Nc1ccc(F)cc1. The first-order valence-corrected chi connectivity index (χ1v) is 9.96. The molecule has 1 aliphatic heterocycles. The van der Waals surface area contributed by atoms with E-state index in [1.54, 1.807) is 0 Å². The average Bonchev–Trinajstić information content (AvgIpc) is 2.96. The number of alkyl halides is 3. The highest BCUT2D eigenvalue weighted by Gasteiger charge is 2.41. The lowest BCUT2D eigenvalue weighted by Gasteiger charge is -2.16. The molecule has 12 heteroatoms. The fourth-order valence-corrected chi connectivity index (χ4v) is 3.85. The number of amides is 4. The molecule has 1 heterocycles. The summed E-state index contributed by atoms with van der Waals surface area (Å²) in [4.78, 5) is 49.5. The molecule has 0 radical (unpaired) electrons. The van der Waals surface area contributed by atoms with Crippen LogP contribution in [0.4, 0.5) is 33.7 Å². The summed E-state index contributed by atoms with van der Waals surface area (Å²) in [6, 6.07) is 9.18. The Morgan fingerprint density at radius 2 is 1.62 bits per heavy atom. The Morgan fingerprint density at radius 1 is 0.969 bits per heavy atom. The van der Waals surface area contributed by atoms with E-state index in [9.17, 15) is 36.7 Å². The van der Waals surface area contributed by atoms with Crippen molar-refractivity contribution in [3.63, 3.8) is 0 Å². The summed E-state index contributed by atoms with van der Waals surface area (Å²) >= 11 is 0.535. The van der Waals surface area contributed by atoms with Crippen molar-refractivity contribution in [2.75, 3.05) is 17.2 Å². The number of carbonyl (C=O) groups excluding carboxylic acids is 4. The van der Waals surface area contributed by atoms with E-state index >= 15 is 0 Å². The van der Waals surface area contributed by atoms with Crippen molar-refractivity contribution in [3.05, 3.63) is 59.9 Å². The van der Waals surface area contributed by atoms with Gasteiger partial charge >= 0.3 is 6.18 Å². The Bertz CT molecular complexity index is 1060. The minimum atomic E-state index is -4.71. The zero-order chi connectivity index (χ0) is 23.5. The highest BCUT2D eigenvalue weighted by molar-refractivity contribution is 8.15. The van der Waals surface area contributed by atoms with Crippen molar-refractivity contribution in [3.8, 4) is 0 Å². The second-order valence-corrected chi connectivity index (χ2v) is 7.80. The number of halogens is 4. The number of rotatable bonds is 6. The maximum Gasteiger partial charge on any atom is 0.418 e. The summed E-state index contributed by atoms with van der Waals surface area (Å²) in [5.74, 6) is -2.92. The Kier molecular flexibility index (Phi) is 6.82. The lowest BCUT2D eigenvalue weighted by Crippen LogP contribution is -2.39. The molecule has 4 amide bonds. The van der Waals surface area contributed by atoms with Crippen molar-refractivity contribution >= 4 is 46.1 Å². The molecule has 1 atom stereocenters. The highest BCUT2D eigenvalue weighted by Crippen LogP contribution is 2.35. The standard InChI is InChI=1S/C20H15F4N3O4S/c21-11-5-7-12(8-6-11)25-16(28)9-15-18(30)27(19(31)32-15)10-17(29)26-14-4-2-1-3-13(14)20(22,23)24/h1-8,15H,9-10H2,(H,25,28)(H,26,29). The monoisotopic (exact) mass is 469 g/mol. The van der Waals surface area contributed by atoms with E-state index in [1.165, 1.54) is 18.2 Å². The van der Waals surface area contributed by atoms with Gasteiger partial charge in [0.05, 0.1) is 11.3 Å². The van der Waals surface area contributed by atoms with Crippen LogP contribution in [0.15, 0.2) is 48.5 Å². The molecule has 1 unspecified atom stereocenters. The molecule has 0 bridgehead atoms. The molecule has 0 saturated carbocycles. The van der Waals surface area contributed by atoms with Gasteiger partial charge in [-0.25, -0.2) is 4.39 Å². The zero-order valence-corrected chi connectivity index (χ0v) is 16.9. The molecule has 2 aromatic rings. The number of benzene rings is 2. The first-order chi connectivity index (χ1) is 15.0. The maximum atomic E-state index is 13.0. The van der Waals surface area contributed by atoms with Gasteiger partial charge in [-0.2, -0.15) is 13.2 Å². The number of para-hydroxylation sites is 1. The number of anilines is 2. The molecule has 1 saturated heterocycles. The number of nitrogens with one attached hydrogen (secondary N) is 2. The van der Waals surface area contributed by atoms with E-state index in [2.05, 4.69) is 10.6 Å². The van der Waals surface area contributed by atoms with E-state index in [0.717, 1.165) is 30.3 Å². The van der Waals surface area contributed by atoms with Crippen molar-refractivity contribution in [2.45, 2.75) is 17.8 Å². The van der Waals surface area contributed by atoms with Crippen LogP contribution < -0.4 is 10.6 Å². The third-order valence-electron chi connectivity index (χ3n) is 4.31. The van der Waals surface area contributed by atoms with Crippen LogP contribution >= 0.6 is 11.8 Å². The van der Waals surface area contributed by atoms with Gasteiger partial charge in [0.15, 0.2) is 0 Å². The second kappa shape index (κ2) is 9.39. The molecular weight excluding hydrogens is 454 g/mol. The first-order valence-electron chi connectivity index (χ1n) is 9.08. The quantitative estimate of drug-likeness (QED) is 0.627. The minimum Gasteiger partial charge on any atom is -0.326 e. The lowest BCUT2D eigenvalue weighted by molar-refractivity contribution is -0.137. The molecule has 32 heavy (non-hydrogen) atoms. The number of carbonyl (C=O) groups is 4. The number of hydrogen-bond acceptors (Lipinski definition) is 5. The smallest absolute Gasteiger partial charge is 0.326 e. The lowest BCUT2D eigenvalue weighted by atomic mass is 10.1. The zero-order valence-electron chi connectivity index (χ0n) is 16.1. The van der Waals surface area contributed by atoms with Gasteiger partial charge in [-0.15, -0.1) is 0 Å². The Labute approximate surface area is 183 Å². The van der Waals surface area contributed by atoms with Crippen LogP contribution in [-0.2, 0) is 20.6 Å². The van der Waals surface area contributed by atoms with Crippen LogP contribution in [0.5, 0.6) is 0 Å². The summed E-state index contributed by atoms with van der Waals surface area (Å²) in [5.41, 5.74) is -1.29. The molecular formula is C20H15F4N3O4S. The summed E-state index contributed by atoms with van der Waals surface area (Å²) in [7, 11) is 0. The Hall–Kier alpha value is -3.41. The average molecular weight is 469 g/mol. The van der Waals surface area contributed by atoms with E-state index in [-0.39, 0.29) is 12.1 Å². The van der Waals surface area contributed by atoms with Gasteiger partial charge in [0.25, 0.3) is 5.24 Å². The third kappa shape index (κ3) is 5.63. The summed E-state index contributed by atoms with van der Waals surface area (Å²) in [5, 5.41) is 2.61. The van der Waals surface area contributed by atoms with Gasteiger partial charge in [0.1, 0.15) is 17.6 Å². The van der Waals surface area contributed by atoms with Crippen LogP contribution in [0, 0.1) is 5.82 Å². The molecule has 1 aliphatic rings. The third-order valence-corrected chi connectivity index (χ3v) is 5.39. The predicted octanol–water partition coefficient (Wildman–Crippen LogP) is 3.88. The largest absolute Gasteiger partial charge is 0.418 e. The summed E-state index contributed by atoms with van der Waals surface area (Å²) in [6.45, 7) is -0.799. The van der Waals surface area contributed by atoms with Crippen LogP contribution in [0.1, 0.15) is 12.0 Å². The number of nitrogens with zero attached hydrogens (tertiary/aromatic N) is 1. The van der Waals surface area contributed by atoms with Gasteiger partial charge in [-0.05, 0) is 36.4 Å². The van der Waals surface area contributed by atoms with E-state index < -0.39 is 58.0 Å². The molecule has 168 valence electrons. The van der Waals surface area contributed by atoms with Gasteiger partial charge in [0, 0.05) is 12.1 Å². The number of hydrogen-bond donors (Lipinski definition) is 2. The Morgan fingerprint density at radius 3 is 2.28 bits per heavy atom. The van der Waals surface area contributed by atoms with Gasteiger partial charge in [-0.1, -0.05) is 23.9 Å². The molecule has 2 aromatic carbocycles. The van der Waals surface area contributed by atoms with Crippen molar-refractivity contribution in [1.29, 1.82) is 0 Å². The molecule has 0 aliphatic carbocycles. The van der Waals surface area contributed by atoms with Gasteiger partial charge < -0.3 is 10.6 Å². The van der Waals surface area contributed by atoms with Crippen LogP contribution in [-0.4, -0.2) is 39.7 Å². The predicted molar refractivity (Wildman–Crippen MR) is 108 cm³/mol. The van der Waals surface area contributed by atoms with Crippen molar-refractivity contribution < 1.29 is 36.7 Å². The van der Waals surface area contributed by atoms with E-state index in [1.807, 2.05) is 0 Å².